The first-order chi connectivity index (χ1) is 14.6. The molecule has 30 heavy (non-hydrogen) atoms. The van der Waals surface area contributed by atoms with Crippen LogP contribution in [0.2, 0.25) is 0 Å². The molecule has 0 aliphatic carbocycles. The highest BCUT2D eigenvalue weighted by atomic mass is 16.7. The molecule has 2 aromatic rings. The minimum Gasteiger partial charge on any atom is -0.497 e. The smallest absolute Gasteiger partial charge is 0.155 e. The van der Waals surface area contributed by atoms with Crippen molar-refractivity contribution >= 4 is 0 Å². The van der Waals surface area contributed by atoms with Gasteiger partial charge >= 0.3 is 0 Å². The molecule has 7 nitrogen and oxygen atoms in total. The van der Waals surface area contributed by atoms with E-state index in [1.165, 1.54) is 0 Å². The van der Waals surface area contributed by atoms with Gasteiger partial charge < -0.3 is 33.2 Å². The van der Waals surface area contributed by atoms with Crippen molar-refractivity contribution in [3.05, 3.63) is 54.1 Å². The molecule has 0 radical (unpaired) electrons. The van der Waals surface area contributed by atoms with Gasteiger partial charge in [0, 0.05) is 7.11 Å². The van der Waals surface area contributed by atoms with Gasteiger partial charge in [-0.25, -0.2) is 0 Å². The third-order valence-corrected chi connectivity index (χ3v) is 4.18. The average Bonchev–Trinajstić information content (AvgIpc) is 2.78. The second-order valence-corrected chi connectivity index (χ2v) is 6.44. The van der Waals surface area contributed by atoms with Gasteiger partial charge in [0.15, 0.2) is 12.6 Å². The summed E-state index contributed by atoms with van der Waals surface area (Å²) in [6, 6.07) is 15.2. The van der Waals surface area contributed by atoms with Crippen molar-refractivity contribution in [1.82, 2.24) is 0 Å². The van der Waals surface area contributed by atoms with Crippen LogP contribution >= 0.6 is 0 Å². The number of rotatable bonds is 15. The van der Waals surface area contributed by atoms with Crippen molar-refractivity contribution in [2.24, 2.45) is 0 Å². The highest BCUT2D eigenvalue weighted by molar-refractivity contribution is 5.31. The van der Waals surface area contributed by atoms with Crippen molar-refractivity contribution in [2.75, 3.05) is 40.6 Å². The molecule has 0 aliphatic rings. The molecule has 166 valence electrons. The van der Waals surface area contributed by atoms with E-state index in [0.29, 0.717) is 33.0 Å². The lowest BCUT2D eigenvalue weighted by Gasteiger charge is -2.15. The van der Waals surface area contributed by atoms with Gasteiger partial charge in [0.2, 0.25) is 0 Å². The summed E-state index contributed by atoms with van der Waals surface area (Å²) >= 11 is 0. The van der Waals surface area contributed by atoms with Gasteiger partial charge in [0.1, 0.15) is 30.5 Å². The summed E-state index contributed by atoms with van der Waals surface area (Å²) in [5, 5.41) is 0. The Morgan fingerprint density at radius 3 is 1.97 bits per heavy atom. The first kappa shape index (κ1) is 24.0. The van der Waals surface area contributed by atoms with Gasteiger partial charge in [-0.15, -0.1) is 0 Å². The molecule has 0 aliphatic heterocycles. The van der Waals surface area contributed by atoms with Crippen molar-refractivity contribution in [1.29, 1.82) is 0 Å². The van der Waals surface area contributed by atoms with E-state index in [0.717, 1.165) is 22.8 Å². The Bertz CT molecular complexity index is 705. The summed E-state index contributed by atoms with van der Waals surface area (Å²) in [5.41, 5.74) is 1.00. The van der Waals surface area contributed by atoms with Crippen LogP contribution in [0.1, 0.15) is 19.4 Å². The average molecular weight is 421 g/mol. The quantitative estimate of drug-likeness (QED) is 0.318. The number of ether oxygens (including phenoxy) is 7. The number of benzene rings is 2. The molecule has 0 amide bonds. The van der Waals surface area contributed by atoms with Gasteiger partial charge in [-0.05, 0) is 55.8 Å². The standard InChI is InChI=1S/C23H32O7/c1-18(24-3)26-12-15-29-23-7-5-6-20(16-23)17-30-19(2)27-13-14-28-22-10-8-21(25-4)9-11-22/h5-11,16,18-19H,12-15,17H2,1-4H3. The summed E-state index contributed by atoms with van der Waals surface area (Å²) in [6.45, 7) is 5.90. The molecule has 0 bridgehead atoms. The molecule has 0 saturated carbocycles. The minimum absolute atomic E-state index is 0.239. The van der Waals surface area contributed by atoms with Gasteiger partial charge in [0.05, 0.1) is 26.9 Å². The van der Waals surface area contributed by atoms with Crippen LogP contribution in [0.3, 0.4) is 0 Å². The highest BCUT2D eigenvalue weighted by Gasteiger charge is 2.05. The van der Waals surface area contributed by atoms with E-state index in [4.69, 9.17) is 33.2 Å². The summed E-state index contributed by atoms with van der Waals surface area (Å²) in [5.74, 6) is 2.34. The van der Waals surface area contributed by atoms with Crippen LogP contribution in [-0.2, 0) is 25.6 Å². The Kier molecular flexibility index (Phi) is 11.0. The zero-order valence-corrected chi connectivity index (χ0v) is 18.2. The number of hydrogen-bond donors (Lipinski definition) is 0. The van der Waals surface area contributed by atoms with Crippen molar-refractivity contribution < 1.29 is 33.2 Å². The zero-order valence-electron chi connectivity index (χ0n) is 18.2. The Balaban J connectivity index is 1.61. The normalized spacial score (nSPS) is 12.9. The lowest BCUT2D eigenvalue weighted by Crippen LogP contribution is -2.17. The van der Waals surface area contributed by atoms with Crippen LogP contribution in [0.5, 0.6) is 17.2 Å². The van der Waals surface area contributed by atoms with Gasteiger partial charge in [-0.3, -0.25) is 0 Å². The van der Waals surface area contributed by atoms with Gasteiger partial charge in [-0.2, -0.15) is 0 Å². The summed E-state index contributed by atoms with van der Waals surface area (Å²) in [7, 11) is 3.24. The largest absolute Gasteiger partial charge is 0.497 e. The Morgan fingerprint density at radius 2 is 1.30 bits per heavy atom. The molecule has 2 aromatic carbocycles. The molecule has 0 heterocycles. The fraction of sp³-hybridized carbons (Fsp3) is 0.478. The van der Waals surface area contributed by atoms with Crippen LogP contribution in [0.25, 0.3) is 0 Å². The fourth-order valence-corrected chi connectivity index (χ4v) is 2.47. The van der Waals surface area contributed by atoms with Crippen LogP contribution in [0, 0.1) is 0 Å². The Morgan fingerprint density at radius 1 is 0.667 bits per heavy atom. The molecule has 0 N–H and O–H groups in total. The van der Waals surface area contributed by atoms with Crippen molar-refractivity contribution in [3.63, 3.8) is 0 Å². The van der Waals surface area contributed by atoms with E-state index >= 15 is 0 Å². The second-order valence-electron chi connectivity index (χ2n) is 6.44. The minimum atomic E-state index is -0.349. The number of hydrogen-bond acceptors (Lipinski definition) is 7. The van der Waals surface area contributed by atoms with E-state index < -0.39 is 0 Å². The maximum absolute atomic E-state index is 5.75. The van der Waals surface area contributed by atoms with E-state index in [9.17, 15) is 0 Å². The predicted molar refractivity (Wildman–Crippen MR) is 113 cm³/mol. The molecule has 7 heteroatoms. The maximum Gasteiger partial charge on any atom is 0.155 e. The molecule has 0 aromatic heterocycles. The van der Waals surface area contributed by atoms with Crippen LogP contribution in [0.4, 0.5) is 0 Å². The topological polar surface area (TPSA) is 64.6 Å². The van der Waals surface area contributed by atoms with E-state index in [-0.39, 0.29) is 12.6 Å². The SMILES string of the molecule is COc1ccc(OCCOC(C)OCc2cccc(OCCOC(C)OC)c2)cc1. The van der Waals surface area contributed by atoms with Gasteiger partial charge in [0.25, 0.3) is 0 Å². The van der Waals surface area contributed by atoms with E-state index in [2.05, 4.69) is 0 Å². The van der Waals surface area contributed by atoms with Crippen molar-refractivity contribution in [3.8, 4) is 17.2 Å². The fourth-order valence-electron chi connectivity index (χ4n) is 2.47. The van der Waals surface area contributed by atoms with Crippen LogP contribution in [-0.4, -0.2) is 53.2 Å². The highest BCUT2D eigenvalue weighted by Crippen LogP contribution is 2.17. The maximum atomic E-state index is 5.75. The third kappa shape index (κ3) is 9.45. The van der Waals surface area contributed by atoms with E-state index in [1.807, 2.05) is 62.4 Å². The van der Waals surface area contributed by atoms with Crippen LogP contribution in [0.15, 0.2) is 48.5 Å². The first-order valence-electron chi connectivity index (χ1n) is 9.97. The molecular formula is C23H32O7. The van der Waals surface area contributed by atoms with E-state index in [1.54, 1.807) is 14.2 Å². The zero-order chi connectivity index (χ0) is 21.6. The third-order valence-electron chi connectivity index (χ3n) is 4.18. The Labute approximate surface area is 178 Å². The molecular weight excluding hydrogens is 388 g/mol. The van der Waals surface area contributed by atoms with Crippen LogP contribution < -0.4 is 14.2 Å². The molecule has 0 fully saturated rings. The summed E-state index contributed by atoms with van der Waals surface area (Å²) in [6.07, 6.45) is -0.589. The molecule has 0 spiro atoms. The molecule has 2 rings (SSSR count). The summed E-state index contributed by atoms with van der Waals surface area (Å²) < 4.78 is 38.3. The predicted octanol–water partition coefficient (Wildman–Crippen LogP) is 4.04. The first-order valence-corrected chi connectivity index (χ1v) is 9.97. The second kappa shape index (κ2) is 13.8. The molecule has 2 unspecified atom stereocenters. The van der Waals surface area contributed by atoms with Gasteiger partial charge in [-0.1, -0.05) is 12.1 Å². The Hall–Kier alpha value is -2.32. The molecule has 2 atom stereocenters. The van der Waals surface area contributed by atoms with Crippen molar-refractivity contribution in [2.45, 2.75) is 33.0 Å². The number of methoxy groups -OCH3 is 2. The monoisotopic (exact) mass is 420 g/mol. The lowest BCUT2D eigenvalue weighted by molar-refractivity contribution is -0.141. The summed E-state index contributed by atoms with van der Waals surface area (Å²) in [4.78, 5) is 0. The lowest BCUT2D eigenvalue weighted by atomic mass is 10.2. The molecule has 0 saturated heterocycles.